The van der Waals surface area contributed by atoms with Gasteiger partial charge in [0, 0.05) is 5.56 Å². The molecule has 2 aromatic carbocycles. The van der Waals surface area contributed by atoms with Gasteiger partial charge in [0.05, 0.1) is 21.6 Å². The van der Waals surface area contributed by atoms with Crippen LogP contribution in [0, 0.1) is 17.7 Å². The first kappa shape index (κ1) is 18.0. The van der Waals surface area contributed by atoms with Gasteiger partial charge in [-0.3, -0.25) is 4.57 Å². The van der Waals surface area contributed by atoms with Crippen molar-refractivity contribution in [3.8, 4) is 11.8 Å². The van der Waals surface area contributed by atoms with Gasteiger partial charge >= 0.3 is 7.60 Å². The smallest absolute Gasteiger partial charge is 0.333 e. The Balaban J connectivity index is 1.92. The first-order valence-corrected chi connectivity index (χ1v) is 10.1. The van der Waals surface area contributed by atoms with Gasteiger partial charge in [0.2, 0.25) is 0 Å². The number of hydrogen-bond donors (Lipinski definition) is 3. The number of aromatic amines is 1. The molecule has 128 valence electrons. The minimum atomic E-state index is -4.12. The molecular weight excluding hydrogens is 386 g/mol. The van der Waals surface area contributed by atoms with Crippen molar-refractivity contribution < 1.29 is 18.7 Å². The molecule has 1 aromatic heterocycles. The summed E-state index contributed by atoms with van der Waals surface area (Å²) in [4.78, 5) is 25.0. The van der Waals surface area contributed by atoms with Gasteiger partial charge in [0.25, 0.3) is 0 Å². The van der Waals surface area contributed by atoms with Crippen LogP contribution in [0.2, 0.25) is 5.02 Å². The average Bonchev–Trinajstić information content (AvgIpc) is 2.93. The third-order valence-electron chi connectivity index (χ3n) is 3.12. The summed E-state index contributed by atoms with van der Waals surface area (Å²) in [7, 11) is -4.12. The van der Waals surface area contributed by atoms with Crippen LogP contribution in [0.1, 0.15) is 11.1 Å². The lowest BCUT2D eigenvalue weighted by Crippen LogP contribution is -1.83. The van der Waals surface area contributed by atoms with E-state index in [0.717, 1.165) is 11.8 Å². The van der Waals surface area contributed by atoms with Gasteiger partial charge in [-0.25, -0.2) is 9.37 Å². The maximum absolute atomic E-state index is 13.6. The van der Waals surface area contributed by atoms with Crippen LogP contribution in [-0.4, -0.2) is 25.2 Å². The summed E-state index contributed by atoms with van der Waals surface area (Å²) in [6, 6.07) is 9.43. The van der Waals surface area contributed by atoms with Crippen LogP contribution in [0.15, 0.2) is 41.6 Å². The van der Waals surface area contributed by atoms with E-state index >= 15 is 0 Å². The molecule has 0 saturated heterocycles. The summed E-state index contributed by atoms with van der Waals surface area (Å²) in [5, 5.41) is 0.736. The summed E-state index contributed by atoms with van der Waals surface area (Å²) < 4.78 is 24.5. The van der Waals surface area contributed by atoms with E-state index in [1.807, 2.05) is 0 Å². The number of thioether (sulfide) groups is 1. The van der Waals surface area contributed by atoms with Crippen molar-refractivity contribution in [2.75, 3.05) is 5.49 Å². The van der Waals surface area contributed by atoms with Gasteiger partial charge in [0.15, 0.2) is 5.16 Å². The molecule has 0 bridgehead atoms. The Morgan fingerprint density at radius 1 is 1.24 bits per heavy atom. The van der Waals surface area contributed by atoms with Crippen LogP contribution in [0.4, 0.5) is 4.39 Å². The average molecular weight is 397 g/mol. The number of hydrogen-bond acceptors (Lipinski definition) is 3. The Kier molecular flexibility index (Phi) is 5.19. The highest BCUT2D eigenvalue weighted by molar-refractivity contribution is 8.04. The summed E-state index contributed by atoms with van der Waals surface area (Å²) >= 11 is 7.11. The van der Waals surface area contributed by atoms with E-state index in [0.29, 0.717) is 26.8 Å². The molecule has 3 aromatic rings. The third-order valence-corrected chi connectivity index (χ3v) is 5.77. The number of halogens is 2. The highest BCUT2D eigenvalue weighted by atomic mass is 35.5. The lowest BCUT2D eigenvalue weighted by molar-refractivity contribution is 0.379. The predicted molar refractivity (Wildman–Crippen MR) is 96.3 cm³/mol. The van der Waals surface area contributed by atoms with Crippen molar-refractivity contribution in [2.45, 2.75) is 5.16 Å². The number of H-pyrrole nitrogens is 1. The van der Waals surface area contributed by atoms with Crippen LogP contribution in [-0.2, 0) is 4.57 Å². The lowest BCUT2D eigenvalue weighted by atomic mass is 10.1. The van der Waals surface area contributed by atoms with Crippen molar-refractivity contribution in [1.29, 1.82) is 0 Å². The quantitative estimate of drug-likeness (QED) is 0.354. The zero-order valence-electron chi connectivity index (χ0n) is 12.5. The molecule has 5 nitrogen and oxygen atoms in total. The number of nitrogens with zero attached hydrogens (tertiary/aromatic N) is 1. The van der Waals surface area contributed by atoms with Crippen LogP contribution < -0.4 is 0 Å². The highest BCUT2D eigenvalue weighted by Crippen LogP contribution is 2.40. The first-order valence-electron chi connectivity index (χ1n) is 6.95. The minimum absolute atomic E-state index is 0.263. The molecule has 0 aliphatic rings. The third kappa shape index (κ3) is 4.63. The Bertz CT molecular complexity index is 1050. The number of imidazole rings is 1. The molecule has 0 unspecified atom stereocenters. The van der Waals surface area contributed by atoms with E-state index in [-0.39, 0.29) is 11.1 Å². The van der Waals surface area contributed by atoms with Crippen LogP contribution >= 0.6 is 31.0 Å². The van der Waals surface area contributed by atoms with Crippen molar-refractivity contribution in [1.82, 2.24) is 9.97 Å². The monoisotopic (exact) mass is 396 g/mol. The van der Waals surface area contributed by atoms with Gasteiger partial charge in [-0.15, -0.1) is 0 Å². The van der Waals surface area contributed by atoms with Crippen molar-refractivity contribution in [3.05, 3.63) is 58.4 Å². The van der Waals surface area contributed by atoms with Crippen molar-refractivity contribution in [3.63, 3.8) is 0 Å². The number of rotatable bonds is 3. The lowest BCUT2D eigenvalue weighted by Gasteiger charge is -1.99. The maximum atomic E-state index is 13.6. The fraction of sp³-hybridized carbons (Fsp3) is 0.0625. The molecule has 0 fully saturated rings. The summed E-state index contributed by atoms with van der Waals surface area (Å²) in [6.07, 6.45) is 0. The molecule has 0 radical (unpaired) electrons. The molecule has 0 atom stereocenters. The summed E-state index contributed by atoms with van der Waals surface area (Å²) in [6.45, 7) is 0. The second kappa shape index (κ2) is 7.20. The van der Waals surface area contributed by atoms with Gasteiger partial charge in [0.1, 0.15) is 11.3 Å². The molecule has 0 amide bonds. The zero-order chi connectivity index (χ0) is 18.0. The molecule has 25 heavy (non-hydrogen) atoms. The normalized spacial score (nSPS) is 11.4. The molecule has 3 rings (SSSR count). The van der Waals surface area contributed by atoms with E-state index in [1.54, 1.807) is 30.3 Å². The Morgan fingerprint density at radius 3 is 2.68 bits per heavy atom. The Labute approximate surface area is 151 Å². The fourth-order valence-electron chi connectivity index (χ4n) is 2.01. The predicted octanol–water partition coefficient (Wildman–Crippen LogP) is 3.98. The van der Waals surface area contributed by atoms with Crippen molar-refractivity contribution in [2.24, 2.45) is 0 Å². The molecular formula is C16H11ClFN2O3PS. The first-order chi connectivity index (χ1) is 11.8. The number of fused-ring (bicyclic) bond motifs is 1. The zero-order valence-corrected chi connectivity index (χ0v) is 15.0. The van der Waals surface area contributed by atoms with Gasteiger partial charge in [-0.1, -0.05) is 47.3 Å². The number of nitrogens with one attached hydrogen (secondary N) is 1. The van der Waals surface area contributed by atoms with E-state index < -0.39 is 13.4 Å². The molecule has 0 saturated carbocycles. The fourth-order valence-corrected chi connectivity index (χ4v) is 3.73. The van der Waals surface area contributed by atoms with Crippen LogP contribution in [0.5, 0.6) is 0 Å². The molecule has 3 N–H and O–H groups in total. The summed E-state index contributed by atoms with van der Waals surface area (Å²) in [5.41, 5.74) is 1.54. The number of aromatic nitrogens is 2. The van der Waals surface area contributed by atoms with E-state index in [4.69, 9.17) is 21.4 Å². The standard InChI is InChI=1S/C16H11ClFN2O3PS/c17-12-8-15-14(19-16(20-15)25-9-24(21,22)23)7-11(12)6-5-10-3-1-2-4-13(10)18/h1-4,7-8H,9H2,(H,19,20)(H2,21,22,23). The van der Waals surface area contributed by atoms with Gasteiger partial charge < -0.3 is 14.8 Å². The summed E-state index contributed by atoms with van der Waals surface area (Å²) in [5.74, 6) is 5.14. The molecule has 1 heterocycles. The van der Waals surface area contributed by atoms with Gasteiger partial charge in [-0.2, -0.15) is 0 Å². The van der Waals surface area contributed by atoms with Gasteiger partial charge in [-0.05, 0) is 24.3 Å². The van der Waals surface area contributed by atoms with E-state index in [1.165, 1.54) is 6.07 Å². The molecule has 0 spiro atoms. The van der Waals surface area contributed by atoms with E-state index in [2.05, 4.69) is 21.8 Å². The largest absolute Gasteiger partial charge is 0.335 e. The Morgan fingerprint density at radius 2 is 1.96 bits per heavy atom. The highest BCUT2D eigenvalue weighted by Gasteiger charge is 2.15. The minimum Gasteiger partial charge on any atom is -0.333 e. The molecule has 0 aliphatic heterocycles. The second-order valence-electron chi connectivity index (χ2n) is 5.06. The van der Waals surface area contributed by atoms with Crippen LogP contribution in [0.25, 0.3) is 11.0 Å². The number of benzene rings is 2. The van der Waals surface area contributed by atoms with Crippen LogP contribution in [0.3, 0.4) is 0 Å². The second-order valence-corrected chi connectivity index (χ2v) is 8.50. The Hall–Kier alpha value is -1.81. The maximum Gasteiger partial charge on any atom is 0.335 e. The molecule has 9 heteroatoms. The van der Waals surface area contributed by atoms with Crippen molar-refractivity contribution >= 4 is 42.0 Å². The van der Waals surface area contributed by atoms with E-state index in [9.17, 15) is 8.96 Å². The topological polar surface area (TPSA) is 86.2 Å². The molecule has 0 aliphatic carbocycles. The SMILES string of the molecule is O=P(O)(O)CSc1nc2cc(C#Cc3ccccc3F)c(Cl)cc2[nH]1.